The molecule has 344 valence electrons. The molecule has 0 bridgehead atoms. The van der Waals surface area contributed by atoms with Crippen molar-refractivity contribution in [1.29, 1.82) is 0 Å². The molecule has 0 N–H and O–H groups in total. The van der Waals surface area contributed by atoms with E-state index >= 15 is 0 Å². The van der Waals surface area contributed by atoms with Crippen molar-refractivity contribution < 1.29 is 42.6 Å². The van der Waals surface area contributed by atoms with Crippen LogP contribution in [0.4, 0.5) is 0 Å². The molecular formula is C59H54O9. The molecule has 9 rings (SSSR count). The van der Waals surface area contributed by atoms with E-state index in [2.05, 4.69) is 12.1 Å². The van der Waals surface area contributed by atoms with E-state index < -0.39 is 18.1 Å². The van der Waals surface area contributed by atoms with Crippen molar-refractivity contribution in [3.63, 3.8) is 0 Å². The fraction of sp³-hybridized carbons (Fsp3) is 0.186. The molecule has 1 aliphatic rings. The molecule has 1 heterocycles. The van der Waals surface area contributed by atoms with Gasteiger partial charge in [0.25, 0.3) is 0 Å². The molecule has 9 heteroatoms. The molecule has 0 spiro atoms. The van der Waals surface area contributed by atoms with Crippen LogP contribution in [0.25, 0.3) is 0 Å². The maximum Gasteiger partial charge on any atom is 0.162 e. The highest BCUT2D eigenvalue weighted by Gasteiger charge is 2.46. The number of ether oxygens (including phenoxy) is 9. The standard InChI is InChI=1S/C59H54O9/c1-60-47-32-51(61-2)55(52(33-47)62-3)57-56-53(66-39-44-25-15-7-16-26-44)34-48(63-36-41-19-9-4-10-20-41)35-54(56)68-58(59(57)67-40-45-27-17-8-18-28-45)46-29-30-49(64-37-42-21-11-5-12-22-42)50(31-46)65-38-43-23-13-6-14-24-43/h4-35,57-59H,36-40H2,1-3H3/t57?,58-,59-/m1/s1. The topological polar surface area (TPSA) is 83.1 Å². The second kappa shape index (κ2) is 22.1. The Kier molecular flexibility index (Phi) is 14.7. The van der Waals surface area contributed by atoms with Gasteiger partial charge in [0.2, 0.25) is 0 Å². The summed E-state index contributed by atoms with van der Waals surface area (Å²) in [7, 11) is 4.91. The van der Waals surface area contributed by atoms with Gasteiger partial charge in [-0.15, -0.1) is 0 Å². The summed E-state index contributed by atoms with van der Waals surface area (Å²) in [4.78, 5) is 0. The highest BCUT2D eigenvalue weighted by atomic mass is 16.6. The van der Waals surface area contributed by atoms with Gasteiger partial charge in [-0.1, -0.05) is 158 Å². The van der Waals surface area contributed by atoms with Gasteiger partial charge in [-0.2, -0.15) is 0 Å². The Labute approximate surface area is 398 Å². The van der Waals surface area contributed by atoms with Crippen LogP contribution in [0.15, 0.2) is 194 Å². The van der Waals surface area contributed by atoms with Gasteiger partial charge in [-0.05, 0) is 45.5 Å². The van der Waals surface area contributed by atoms with E-state index in [0.29, 0.717) is 65.8 Å². The summed E-state index contributed by atoms with van der Waals surface area (Å²) >= 11 is 0. The van der Waals surface area contributed by atoms with Crippen molar-refractivity contribution in [3.8, 4) is 46.0 Å². The highest BCUT2D eigenvalue weighted by Crippen LogP contribution is 2.56. The van der Waals surface area contributed by atoms with Gasteiger partial charge >= 0.3 is 0 Å². The number of hydrogen-bond acceptors (Lipinski definition) is 9. The van der Waals surface area contributed by atoms with Gasteiger partial charge in [-0.3, -0.25) is 0 Å². The first-order valence-corrected chi connectivity index (χ1v) is 22.7. The summed E-state index contributed by atoms with van der Waals surface area (Å²) in [5.41, 5.74) is 7.33. The summed E-state index contributed by atoms with van der Waals surface area (Å²) in [6, 6.07) is 64.0. The van der Waals surface area contributed by atoms with Crippen LogP contribution < -0.4 is 37.9 Å². The third-order valence-corrected chi connectivity index (χ3v) is 11.9. The van der Waals surface area contributed by atoms with E-state index in [1.54, 1.807) is 21.3 Å². The third kappa shape index (κ3) is 10.9. The van der Waals surface area contributed by atoms with Crippen LogP contribution in [0.3, 0.4) is 0 Å². The van der Waals surface area contributed by atoms with E-state index in [0.717, 1.165) is 44.5 Å². The largest absolute Gasteiger partial charge is 0.496 e. The molecular weight excluding hydrogens is 853 g/mol. The van der Waals surface area contributed by atoms with Crippen LogP contribution in [0.5, 0.6) is 46.0 Å². The lowest BCUT2D eigenvalue weighted by Gasteiger charge is -2.41. The van der Waals surface area contributed by atoms with Gasteiger partial charge in [0.05, 0.1) is 33.9 Å². The molecule has 0 radical (unpaired) electrons. The smallest absolute Gasteiger partial charge is 0.162 e. The molecule has 0 amide bonds. The van der Waals surface area contributed by atoms with E-state index in [9.17, 15) is 0 Å². The first kappa shape index (κ1) is 45.3. The Hall–Kier alpha value is -7.88. The van der Waals surface area contributed by atoms with Crippen molar-refractivity contribution in [3.05, 3.63) is 239 Å². The monoisotopic (exact) mass is 906 g/mol. The molecule has 1 aliphatic heterocycles. The maximum atomic E-state index is 7.35. The average molecular weight is 907 g/mol. The van der Waals surface area contributed by atoms with Crippen LogP contribution in [0.1, 0.15) is 56.5 Å². The second-order valence-electron chi connectivity index (χ2n) is 16.4. The van der Waals surface area contributed by atoms with Crippen molar-refractivity contribution in [2.45, 2.75) is 51.2 Å². The minimum atomic E-state index is -0.735. The average Bonchev–Trinajstić information content (AvgIpc) is 3.40. The fourth-order valence-electron chi connectivity index (χ4n) is 8.46. The number of rotatable bonds is 20. The Morgan fingerprint density at radius 2 is 0.809 bits per heavy atom. The Morgan fingerprint density at radius 3 is 1.29 bits per heavy atom. The molecule has 8 aromatic carbocycles. The lowest BCUT2D eigenvalue weighted by Crippen LogP contribution is -2.38. The first-order chi connectivity index (χ1) is 33.6. The van der Waals surface area contributed by atoms with E-state index in [-0.39, 0.29) is 13.2 Å². The first-order valence-electron chi connectivity index (χ1n) is 22.7. The third-order valence-electron chi connectivity index (χ3n) is 11.9. The zero-order chi connectivity index (χ0) is 46.5. The quantitative estimate of drug-likeness (QED) is 0.0742. The molecule has 8 aromatic rings. The normalized spacial score (nSPS) is 15.0. The van der Waals surface area contributed by atoms with Crippen LogP contribution >= 0.6 is 0 Å². The van der Waals surface area contributed by atoms with Crippen LogP contribution in [-0.4, -0.2) is 27.4 Å². The molecule has 0 fully saturated rings. The molecule has 1 unspecified atom stereocenters. The maximum absolute atomic E-state index is 7.35. The SMILES string of the molecule is COc1cc(OC)c(C2c3c(OCc4ccccc4)cc(OCc4ccccc4)cc3O[C@H](c3ccc(OCc4ccccc4)c(OCc4ccccc4)c3)[C@@H]2OCc2ccccc2)c(OC)c1. The number of fused-ring (bicyclic) bond motifs is 1. The predicted molar refractivity (Wildman–Crippen MR) is 262 cm³/mol. The van der Waals surface area contributed by atoms with Gasteiger partial charge < -0.3 is 42.6 Å². The molecule has 9 nitrogen and oxygen atoms in total. The molecule has 3 atom stereocenters. The molecule has 0 aliphatic carbocycles. The second-order valence-corrected chi connectivity index (χ2v) is 16.4. The van der Waals surface area contributed by atoms with Crippen molar-refractivity contribution in [2.75, 3.05) is 21.3 Å². The summed E-state index contributed by atoms with van der Waals surface area (Å²) in [5, 5.41) is 0. The number of benzene rings is 8. The van der Waals surface area contributed by atoms with Crippen LogP contribution in [-0.2, 0) is 37.8 Å². The van der Waals surface area contributed by atoms with Crippen LogP contribution in [0.2, 0.25) is 0 Å². The zero-order valence-electron chi connectivity index (χ0n) is 38.4. The Morgan fingerprint density at radius 1 is 0.368 bits per heavy atom. The molecule has 0 saturated heterocycles. The van der Waals surface area contributed by atoms with E-state index in [1.807, 2.05) is 182 Å². The van der Waals surface area contributed by atoms with E-state index in [1.165, 1.54) is 0 Å². The molecule has 0 aromatic heterocycles. The van der Waals surface area contributed by atoms with Gasteiger partial charge in [0, 0.05) is 35.4 Å². The van der Waals surface area contributed by atoms with Crippen molar-refractivity contribution in [2.24, 2.45) is 0 Å². The van der Waals surface area contributed by atoms with Gasteiger partial charge in [-0.25, -0.2) is 0 Å². The Bertz CT molecular complexity index is 2820. The lowest BCUT2D eigenvalue weighted by atomic mass is 9.78. The zero-order valence-corrected chi connectivity index (χ0v) is 38.4. The predicted octanol–water partition coefficient (Wildman–Crippen LogP) is 12.9. The Balaban J connectivity index is 1.23. The van der Waals surface area contributed by atoms with E-state index in [4.69, 9.17) is 42.6 Å². The van der Waals surface area contributed by atoms with Gasteiger partial charge in [0.1, 0.15) is 67.0 Å². The number of methoxy groups -OCH3 is 3. The van der Waals surface area contributed by atoms with Crippen LogP contribution in [0, 0.1) is 0 Å². The summed E-state index contributed by atoms with van der Waals surface area (Å²) in [6.07, 6.45) is -1.45. The van der Waals surface area contributed by atoms with Gasteiger partial charge in [0.15, 0.2) is 17.6 Å². The highest BCUT2D eigenvalue weighted by molar-refractivity contribution is 5.64. The lowest BCUT2D eigenvalue weighted by molar-refractivity contribution is -0.0576. The minimum absolute atomic E-state index is 0.270. The summed E-state index contributed by atoms with van der Waals surface area (Å²) in [6.45, 7) is 1.56. The molecule has 0 saturated carbocycles. The summed E-state index contributed by atoms with van der Waals surface area (Å²) in [5.74, 6) is 3.87. The van der Waals surface area contributed by atoms with Crippen molar-refractivity contribution in [1.82, 2.24) is 0 Å². The van der Waals surface area contributed by atoms with Crippen molar-refractivity contribution >= 4 is 0 Å². The number of hydrogen-bond donors (Lipinski definition) is 0. The molecule has 68 heavy (non-hydrogen) atoms. The fourth-order valence-corrected chi connectivity index (χ4v) is 8.46. The minimum Gasteiger partial charge on any atom is -0.496 e. The summed E-state index contributed by atoms with van der Waals surface area (Å²) < 4.78 is 59.5.